The fourth-order valence-electron chi connectivity index (χ4n) is 3.40. The van der Waals surface area contributed by atoms with Crippen molar-refractivity contribution in [3.63, 3.8) is 0 Å². The van der Waals surface area contributed by atoms with E-state index >= 15 is 0 Å². The maximum Gasteiger partial charge on any atom is 0.280 e. The number of hydrogen-bond donors (Lipinski definition) is 1. The second-order valence-corrected chi connectivity index (χ2v) is 7.97. The highest BCUT2D eigenvalue weighted by atomic mass is 32.1. The molecule has 162 valence electrons. The number of nitrogens with one attached hydrogen (secondary N) is 1. The lowest BCUT2D eigenvalue weighted by Gasteiger charge is -2.29. The number of carbonyl (C=O) groups is 2. The van der Waals surface area contributed by atoms with Gasteiger partial charge in [-0.3, -0.25) is 14.5 Å². The van der Waals surface area contributed by atoms with Crippen LogP contribution in [-0.2, 0) is 11.3 Å². The molecule has 1 atom stereocenters. The lowest BCUT2D eigenvalue weighted by molar-refractivity contribution is -0.123. The maximum atomic E-state index is 13.5. The van der Waals surface area contributed by atoms with Crippen molar-refractivity contribution in [3.8, 4) is 0 Å². The quantitative estimate of drug-likeness (QED) is 0.453. The Hall–Kier alpha value is -3.78. The Balaban J connectivity index is 1.75. The molecule has 2 amide bonds. The first kappa shape index (κ1) is 21.5. The van der Waals surface area contributed by atoms with Crippen LogP contribution in [0.25, 0.3) is 0 Å². The molecule has 0 aliphatic heterocycles. The van der Waals surface area contributed by atoms with Gasteiger partial charge in [0, 0.05) is 17.6 Å². The van der Waals surface area contributed by atoms with Crippen LogP contribution < -0.4 is 10.2 Å². The van der Waals surface area contributed by atoms with E-state index < -0.39 is 11.9 Å². The second kappa shape index (κ2) is 9.57. The number of carbonyl (C=O) groups excluding carboxylic acids is 2. The van der Waals surface area contributed by atoms with E-state index in [2.05, 4.69) is 14.9 Å². The van der Waals surface area contributed by atoms with Gasteiger partial charge in [0.05, 0.1) is 0 Å². The Morgan fingerprint density at radius 1 is 1.06 bits per heavy atom. The summed E-state index contributed by atoms with van der Waals surface area (Å²) in [5, 5.41) is 8.45. The van der Waals surface area contributed by atoms with Gasteiger partial charge in [-0.15, -0.1) is 5.10 Å². The van der Waals surface area contributed by atoms with E-state index in [-0.39, 0.29) is 11.6 Å². The van der Waals surface area contributed by atoms with Crippen LogP contribution in [0.4, 0.5) is 5.69 Å². The minimum Gasteiger partial charge on any atom is -0.464 e. The van der Waals surface area contributed by atoms with Gasteiger partial charge in [0.25, 0.3) is 11.8 Å². The smallest absolute Gasteiger partial charge is 0.280 e. The zero-order valence-electron chi connectivity index (χ0n) is 17.7. The normalized spacial score (nSPS) is 11.7. The van der Waals surface area contributed by atoms with E-state index in [1.807, 2.05) is 55.5 Å². The molecule has 1 N–H and O–H groups in total. The summed E-state index contributed by atoms with van der Waals surface area (Å²) >= 11 is 1.08. The Morgan fingerprint density at radius 3 is 2.53 bits per heavy atom. The van der Waals surface area contributed by atoms with Crippen molar-refractivity contribution >= 4 is 29.0 Å². The Kier molecular flexibility index (Phi) is 6.42. The molecule has 2 heterocycles. The fraction of sp³-hybridized carbons (Fsp3) is 0.167. The Labute approximate surface area is 189 Å². The van der Waals surface area contributed by atoms with Gasteiger partial charge in [0.1, 0.15) is 11.5 Å². The van der Waals surface area contributed by atoms with Crippen molar-refractivity contribution < 1.29 is 14.0 Å². The van der Waals surface area contributed by atoms with Crippen LogP contribution in [0.2, 0.25) is 0 Å². The summed E-state index contributed by atoms with van der Waals surface area (Å²) < 4.78 is 9.64. The molecule has 2 aromatic carbocycles. The summed E-state index contributed by atoms with van der Waals surface area (Å²) in [4.78, 5) is 28.4. The highest BCUT2D eigenvalue weighted by molar-refractivity contribution is 7.03. The van der Waals surface area contributed by atoms with Crippen molar-refractivity contribution in [2.45, 2.75) is 26.4 Å². The molecular formula is C24H22N4O3S. The molecule has 0 radical (unpaired) electrons. The monoisotopic (exact) mass is 446 g/mol. The zero-order valence-corrected chi connectivity index (χ0v) is 18.5. The molecule has 0 fully saturated rings. The average molecular weight is 447 g/mol. The lowest BCUT2D eigenvalue weighted by atomic mass is 10.1. The number of hydrogen-bond acceptors (Lipinski definition) is 6. The molecule has 4 rings (SSSR count). The van der Waals surface area contributed by atoms with E-state index in [1.54, 1.807) is 30.5 Å². The first-order valence-corrected chi connectivity index (χ1v) is 10.9. The predicted molar refractivity (Wildman–Crippen MR) is 122 cm³/mol. The van der Waals surface area contributed by atoms with Gasteiger partial charge >= 0.3 is 0 Å². The van der Waals surface area contributed by atoms with Crippen molar-refractivity contribution in [1.82, 2.24) is 14.9 Å². The second-order valence-electron chi connectivity index (χ2n) is 7.36. The third-order valence-electron chi connectivity index (χ3n) is 4.92. The van der Waals surface area contributed by atoms with Crippen LogP contribution >= 0.6 is 11.5 Å². The minimum atomic E-state index is -1.02. The van der Waals surface area contributed by atoms with Crippen LogP contribution in [0.15, 0.2) is 76.5 Å². The van der Waals surface area contributed by atoms with E-state index in [0.717, 1.165) is 22.7 Å². The molecule has 0 bridgehead atoms. The molecule has 2 aromatic heterocycles. The molecule has 0 aliphatic rings. The molecule has 0 saturated heterocycles. The minimum absolute atomic E-state index is 0.167. The Morgan fingerprint density at radius 2 is 1.88 bits per heavy atom. The molecule has 0 spiro atoms. The van der Waals surface area contributed by atoms with Gasteiger partial charge in [-0.25, -0.2) is 0 Å². The molecular weight excluding hydrogens is 424 g/mol. The van der Waals surface area contributed by atoms with Gasteiger partial charge in [-0.05, 0) is 60.8 Å². The molecule has 8 heteroatoms. The summed E-state index contributed by atoms with van der Waals surface area (Å²) in [5.41, 5.74) is 2.64. The van der Waals surface area contributed by atoms with Gasteiger partial charge in [-0.1, -0.05) is 47.0 Å². The van der Waals surface area contributed by atoms with E-state index in [0.29, 0.717) is 23.8 Å². The molecule has 0 aliphatic carbocycles. The Bertz CT molecular complexity index is 1200. The van der Waals surface area contributed by atoms with Gasteiger partial charge < -0.3 is 9.73 Å². The van der Waals surface area contributed by atoms with Crippen molar-refractivity contribution in [2.75, 3.05) is 4.90 Å². The van der Waals surface area contributed by atoms with Gasteiger partial charge in [-0.2, -0.15) is 0 Å². The van der Waals surface area contributed by atoms with Crippen LogP contribution in [0.5, 0.6) is 0 Å². The van der Waals surface area contributed by atoms with E-state index in [9.17, 15) is 9.59 Å². The SMILES string of the molecule is Cc1cccc(N(C(=O)c2csnn2)[C@@H](C(=O)NCc2ccccc2)c2ccc(C)o2)c1. The van der Waals surface area contributed by atoms with Crippen molar-refractivity contribution in [2.24, 2.45) is 0 Å². The summed E-state index contributed by atoms with van der Waals surface area (Å²) in [7, 11) is 0. The molecule has 0 saturated carbocycles. The number of amides is 2. The average Bonchev–Trinajstić information content (AvgIpc) is 3.48. The van der Waals surface area contributed by atoms with Crippen LogP contribution in [0.3, 0.4) is 0 Å². The van der Waals surface area contributed by atoms with E-state index in [1.165, 1.54) is 4.90 Å². The first-order chi connectivity index (χ1) is 15.5. The summed E-state index contributed by atoms with van der Waals surface area (Å²) in [6.45, 7) is 4.05. The highest BCUT2D eigenvalue weighted by Crippen LogP contribution is 2.31. The standard InChI is InChI=1S/C24H22N4O3S/c1-16-7-6-10-19(13-16)28(24(30)20-15-32-27-26-20)22(21-12-11-17(2)31-21)23(29)25-14-18-8-4-3-5-9-18/h3-13,15,22H,14H2,1-2H3,(H,25,29)/t22-/m1/s1. The number of furan rings is 1. The van der Waals surface area contributed by atoms with Crippen LogP contribution in [0.1, 0.15) is 39.2 Å². The van der Waals surface area contributed by atoms with Crippen LogP contribution in [0, 0.1) is 13.8 Å². The maximum absolute atomic E-state index is 13.5. The number of nitrogens with zero attached hydrogens (tertiary/aromatic N) is 3. The summed E-state index contributed by atoms with van der Waals surface area (Å²) in [6, 6.07) is 19.5. The molecule has 4 aromatic rings. The predicted octanol–water partition coefficient (Wildman–Crippen LogP) is 4.45. The number of anilines is 1. The van der Waals surface area contributed by atoms with Gasteiger partial charge in [0.2, 0.25) is 0 Å². The number of aryl methyl sites for hydroxylation is 2. The van der Waals surface area contributed by atoms with Crippen LogP contribution in [-0.4, -0.2) is 21.4 Å². The fourth-order valence-corrected chi connectivity index (χ4v) is 3.83. The largest absolute Gasteiger partial charge is 0.464 e. The van der Waals surface area contributed by atoms with Crippen molar-refractivity contribution in [3.05, 3.63) is 100 Å². The molecule has 32 heavy (non-hydrogen) atoms. The number of benzene rings is 2. The molecule has 7 nitrogen and oxygen atoms in total. The number of rotatable bonds is 7. The topological polar surface area (TPSA) is 88.3 Å². The van der Waals surface area contributed by atoms with Crippen molar-refractivity contribution in [1.29, 1.82) is 0 Å². The zero-order chi connectivity index (χ0) is 22.5. The summed E-state index contributed by atoms with van der Waals surface area (Å²) in [5.74, 6) is 0.221. The third-order valence-corrected chi connectivity index (χ3v) is 5.43. The highest BCUT2D eigenvalue weighted by Gasteiger charge is 2.36. The first-order valence-electron chi connectivity index (χ1n) is 10.1. The van der Waals surface area contributed by atoms with Gasteiger partial charge in [0.15, 0.2) is 11.7 Å². The number of aromatic nitrogens is 2. The lowest BCUT2D eigenvalue weighted by Crippen LogP contribution is -2.44. The summed E-state index contributed by atoms with van der Waals surface area (Å²) in [6.07, 6.45) is 0. The third kappa shape index (κ3) is 4.76. The van der Waals surface area contributed by atoms with E-state index in [4.69, 9.17) is 4.42 Å². The molecule has 0 unspecified atom stereocenters.